The van der Waals surface area contributed by atoms with Crippen LogP contribution < -0.4 is 10.1 Å². The standard InChI is InChI=1S/C18H23NO2/c1-13-7-4-5-10-17(13)14(2)19-12-18(20)15-8-6-9-16(11-15)21-3/h4-11,14,18-20H,12H2,1-3H3/t14-,18?/m1/s1. The molecule has 0 saturated carbocycles. The number of ether oxygens (including phenoxy) is 1. The molecule has 0 bridgehead atoms. The molecular formula is C18H23NO2. The van der Waals surface area contributed by atoms with Crippen LogP contribution in [0.2, 0.25) is 0 Å². The predicted octanol–water partition coefficient (Wildman–Crippen LogP) is 3.39. The van der Waals surface area contributed by atoms with Gasteiger partial charge in [0.1, 0.15) is 5.75 Å². The molecule has 0 radical (unpaired) electrons. The summed E-state index contributed by atoms with van der Waals surface area (Å²) in [4.78, 5) is 0. The highest BCUT2D eigenvalue weighted by Gasteiger charge is 2.12. The van der Waals surface area contributed by atoms with E-state index in [0.29, 0.717) is 6.54 Å². The summed E-state index contributed by atoms with van der Waals surface area (Å²) in [6.45, 7) is 4.72. The highest BCUT2D eigenvalue weighted by Crippen LogP contribution is 2.21. The SMILES string of the molecule is COc1cccc(C(O)CN[C@H](C)c2ccccc2C)c1. The summed E-state index contributed by atoms with van der Waals surface area (Å²) in [6, 6.07) is 16.0. The van der Waals surface area contributed by atoms with E-state index >= 15 is 0 Å². The molecule has 2 aromatic carbocycles. The van der Waals surface area contributed by atoms with E-state index in [0.717, 1.165) is 11.3 Å². The monoisotopic (exact) mass is 285 g/mol. The van der Waals surface area contributed by atoms with E-state index in [1.807, 2.05) is 36.4 Å². The van der Waals surface area contributed by atoms with Crippen LogP contribution in [0.15, 0.2) is 48.5 Å². The van der Waals surface area contributed by atoms with Crippen LogP contribution in [0.3, 0.4) is 0 Å². The summed E-state index contributed by atoms with van der Waals surface area (Å²) in [5.41, 5.74) is 3.38. The molecule has 0 aromatic heterocycles. The minimum atomic E-state index is -0.549. The second-order valence-corrected chi connectivity index (χ2v) is 5.28. The van der Waals surface area contributed by atoms with Crippen LogP contribution in [-0.4, -0.2) is 18.8 Å². The van der Waals surface area contributed by atoms with Gasteiger partial charge in [-0.3, -0.25) is 0 Å². The second kappa shape index (κ2) is 7.25. The van der Waals surface area contributed by atoms with Crippen molar-refractivity contribution in [1.29, 1.82) is 0 Å². The van der Waals surface area contributed by atoms with E-state index < -0.39 is 6.10 Å². The van der Waals surface area contributed by atoms with Gasteiger partial charge < -0.3 is 15.2 Å². The minimum absolute atomic E-state index is 0.200. The molecular weight excluding hydrogens is 262 g/mol. The summed E-state index contributed by atoms with van der Waals surface area (Å²) in [5.74, 6) is 0.763. The lowest BCUT2D eigenvalue weighted by molar-refractivity contribution is 0.170. The number of benzene rings is 2. The van der Waals surface area contributed by atoms with Gasteiger partial charge in [-0.15, -0.1) is 0 Å². The van der Waals surface area contributed by atoms with Gasteiger partial charge in [0.25, 0.3) is 0 Å². The lowest BCUT2D eigenvalue weighted by atomic mass is 10.0. The fraction of sp³-hybridized carbons (Fsp3) is 0.333. The lowest BCUT2D eigenvalue weighted by Crippen LogP contribution is -2.25. The maximum atomic E-state index is 10.3. The summed E-state index contributed by atoms with van der Waals surface area (Å²) in [7, 11) is 1.63. The molecule has 1 unspecified atom stereocenters. The smallest absolute Gasteiger partial charge is 0.119 e. The molecule has 0 amide bonds. The Bertz CT molecular complexity index is 583. The van der Waals surface area contributed by atoms with Gasteiger partial charge in [0.2, 0.25) is 0 Å². The van der Waals surface area contributed by atoms with Gasteiger partial charge in [0, 0.05) is 12.6 Å². The van der Waals surface area contributed by atoms with Crippen LogP contribution in [0.4, 0.5) is 0 Å². The number of nitrogens with one attached hydrogen (secondary N) is 1. The molecule has 21 heavy (non-hydrogen) atoms. The Morgan fingerprint density at radius 1 is 1.14 bits per heavy atom. The van der Waals surface area contributed by atoms with Crippen molar-refractivity contribution in [3.05, 3.63) is 65.2 Å². The number of aliphatic hydroxyl groups excluding tert-OH is 1. The first-order chi connectivity index (χ1) is 10.1. The van der Waals surface area contributed by atoms with Gasteiger partial charge >= 0.3 is 0 Å². The van der Waals surface area contributed by atoms with Crippen molar-refractivity contribution in [3.8, 4) is 5.75 Å². The van der Waals surface area contributed by atoms with Crippen molar-refractivity contribution in [2.24, 2.45) is 0 Å². The zero-order valence-electron chi connectivity index (χ0n) is 12.8. The fourth-order valence-corrected chi connectivity index (χ4v) is 2.44. The van der Waals surface area contributed by atoms with Gasteiger partial charge in [-0.2, -0.15) is 0 Å². The molecule has 0 aliphatic rings. The second-order valence-electron chi connectivity index (χ2n) is 5.28. The molecule has 0 heterocycles. The quantitative estimate of drug-likeness (QED) is 0.855. The number of aliphatic hydroxyl groups is 1. The normalized spacial score (nSPS) is 13.7. The van der Waals surface area contributed by atoms with Crippen LogP contribution in [0, 0.1) is 6.92 Å². The third kappa shape index (κ3) is 4.06. The number of hydrogen-bond donors (Lipinski definition) is 2. The average molecular weight is 285 g/mol. The van der Waals surface area contributed by atoms with Crippen molar-refractivity contribution in [3.63, 3.8) is 0 Å². The van der Waals surface area contributed by atoms with E-state index in [-0.39, 0.29) is 6.04 Å². The first-order valence-corrected chi connectivity index (χ1v) is 7.22. The molecule has 2 aromatic rings. The van der Waals surface area contributed by atoms with Gasteiger partial charge in [-0.05, 0) is 42.7 Å². The Morgan fingerprint density at radius 2 is 1.90 bits per heavy atom. The van der Waals surface area contributed by atoms with E-state index in [4.69, 9.17) is 4.74 Å². The predicted molar refractivity (Wildman–Crippen MR) is 85.6 cm³/mol. The number of hydrogen-bond acceptors (Lipinski definition) is 3. The largest absolute Gasteiger partial charge is 0.497 e. The van der Waals surface area contributed by atoms with Crippen molar-refractivity contribution in [2.45, 2.75) is 26.0 Å². The topological polar surface area (TPSA) is 41.5 Å². The average Bonchev–Trinajstić information content (AvgIpc) is 2.52. The third-order valence-corrected chi connectivity index (χ3v) is 3.75. The molecule has 0 saturated heterocycles. The molecule has 112 valence electrons. The van der Waals surface area contributed by atoms with Gasteiger partial charge in [-0.1, -0.05) is 36.4 Å². The summed E-state index contributed by atoms with van der Waals surface area (Å²) in [6.07, 6.45) is -0.549. The molecule has 2 N–H and O–H groups in total. The van der Waals surface area contributed by atoms with E-state index in [1.165, 1.54) is 11.1 Å². The highest BCUT2D eigenvalue weighted by molar-refractivity contribution is 5.30. The Labute approximate surface area is 126 Å². The van der Waals surface area contributed by atoms with Crippen LogP contribution in [0.25, 0.3) is 0 Å². The highest BCUT2D eigenvalue weighted by atomic mass is 16.5. The molecule has 0 fully saturated rings. The Balaban J connectivity index is 1.97. The molecule has 0 aliphatic heterocycles. The molecule has 2 rings (SSSR count). The van der Waals surface area contributed by atoms with Crippen LogP contribution in [-0.2, 0) is 0 Å². The van der Waals surface area contributed by atoms with Crippen LogP contribution in [0.1, 0.15) is 35.8 Å². The van der Waals surface area contributed by atoms with Gasteiger partial charge in [0.15, 0.2) is 0 Å². The fourth-order valence-electron chi connectivity index (χ4n) is 2.44. The summed E-state index contributed by atoms with van der Waals surface area (Å²) < 4.78 is 5.18. The molecule has 3 heteroatoms. The van der Waals surface area contributed by atoms with Crippen LogP contribution in [0.5, 0.6) is 5.75 Å². The zero-order chi connectivity index (χ0) is 15.2. The summed E-state index contributed by atoms with van der Waals surface area (Å²) in [5, 5.41) is 13.7. The first-order valence-electron chi connectivity index (χ1n) is 7.22. The molecule has 0 aliphatic carbocycles. The van der Waals surface area contributed by atoms with Gasteiger partial charge in [0.05, 0.1) is 13.2 Å². The van der Waals surface area contributed by atoms with Crippen molar-refractivity contribution >= 4 is 0 Å². The van der Waals surface area contributed by atoms with Gasteiger partial charge in [-0.25, -0.2) is 0 Å². The third-order valence-electron chi connectivity index (χ3n) is 3.75. The molecule has 2 atom stereocenters. The van der Waals surface area contributed by atoms with E-state index in [9.17, 15) is 5.11 Å². The molecule has 0 spiro atoms. The number of rotatable bonds is 6. The van der Waals surface area contributed by atoms with E-state index in [2.05, 4.69) is 31.3 Å². The van der Waals surface area contributed by atoms with Crippen molar-refractivity contribution in [2.75, 3.05) is 13.7 Å². The Kier molecular flexibility index (Phi) is 5.37. The number of methoxy groups -OCH3 is 1. The van der Waals surface area contributed by atoms with Crippen LogP contribution >= 0.6 is 0 Å². The molecule has 3 nitrogen and oxygen atoms in total. The van der Waals surface area contributed by atoms with E-state index in [1.54, 1.807) is 7.11 Å². The Hall–Kier alpha value is -1.84. The Morgan fingerprint density at radius 3 is 2.62 bits per heavy atom. The maximum absolute atomic E-state index is 10.3. The lowest BCUT2D eigenvalue weighted by Gasteiger charge is -2.19. The number of aryl methyl sites for hydroxylation is 1. The first kappa shape index (κ1) is 15.5. The zero-order valence-corrected chi connectivity index (χ0v) is 12.8. The summed E-state index contributed by atoms with van der Waals surface area (Å²) >= 11 is 0. The maximum Gasteiger partial charge on any atom is 0.119 e. The van der Waals surface area contributed by atoms with Crippen molar-refractivity contribution < 1.29 is 9.84 Å². The minimum Gasteiger partial charge on any atom is -0.497 e. The van der Waals surface area contributed by atoms with Crippen molar-refractivity contribution in [1.82, 2.24) is 5.32 Å².